The molecule has 5 heteroatoms. The van der Waals surface area contributed by atoms with Gasteiger partial charge in [0.2, 0.25) is 0 Å². The van der Waals surface area contributed by atoms with Crippen molar-refractivity contribution in [3.8, 4) is 0 Å². The van der Waals surface area contributed by atoms with Crippen LogP contribution in [0.5, 0.6) is 0 Å². The van der Waals surface area contributed by atoms with Gasteiger partial charge < -0.3 is 22.9 Å². The van der Waals surface area contributed by atoms with E-state index in [2.05, 4.69) is 0 Å². The first kappa shape index (κ1) is 16.6. The van der Waals surface area contributed by atoms with E-state index in [0.29, 0.717) is 22.7 Å². The van der Waals surface area contributed by atoms with Gasteiger partial charge in [0, 0.05) is 33.9 Å². The van der Waals surface area contributed by atoms with Crippen LogP contribution in [0.4, 0.5) is 22.7 Å². The quantitative estimate of drug-likeness (QED) is 0.496. The van der Waals surface area contributed by atoms with Crippen LogP contribution in [0.3, 0.4) is 0 Å². The van der Waals surface area contributed by atoms with Crippen molar-refractivity contribution < 1.29 is 4.79 Å². The lowest BCUT2D eigenvalue weighted by Crippen LogP contribution is -2.12. The zero-order valence-corrected chi connectivity index (χ0v) is 14.0. The van der Waals surface area contributed by atoms with E-state index < -0.39 is 0 Å². The van der Waals surface area contributed by atoms with Crippen molar-refractivity contribution in [1.82, 2.24) is 0 Å². The molecule has 0 amide bonds. The standard InChI is InChI=1S/C20H22N4O/c21-16-6-4-12(18(23)10-16)8-14-2-1-3-15(20(14)25)9-13-5-7-17(22)11-19(13)24/h4-11H,1-3,21-24H2/b14-8+,15-9+. The number of carbonyl (C=O) groups excluding carboxylic acids is 1. The van der Waals surface area contributed by atoms with Crippen molar-refractivity contribution >= 4 is 40.7 Å². The van der Waals surface area contributed by atoms with E-state index >= 15 is 0 Å². The number of anilines is 4. The maximum absolute atomic E-state index is 12.8. The molecule has 1 saturated carbocycles. The normalized spacial score (nSPS) is 18.0. The summed E-state index contributed by atoms with van der Waals surface area (Å²) in [4.78, 5) is 12.8. The van der Waals surface area contributed by atoms with Crippen LogP contribution < -0.4 is 22.9 Å². The summed E-state index contributed by atoms with van der Waals surface area (Å²) >= 11 is 0. The van der Waals surface area contributed by atoms with E-state index in [1.807, 2.05) is 24.3 Å². The van der Waals surface area contributed by atoms with E-state index in [1.165, 1.54) is 0 Å². The maximum atomic E-state index is 12.8. The van der Waals surface area contributed by atoms with Gasteiger partial charge in [-0.25, -0.2) is 0 Å². The van der Waals surface area contributed by atoms with Gasteiger partial charge in [0.25, 0.3) is 0 Å². The number of ketones is 1. The summed E-state index contributed by atoms with van der Waals surface area (Å²) in [6, 6.07) is 10.6. The van der Waals surface area contributed by atoms with Crippen LogP contribution in [-0.2, 0) is 4.79 Å². The number of nitrogen functional groups attached to an aromatic ring is 4. The molecule has 25 heavy (non-hydrogen) atoms. The van der Waals surface area contributed by atoms with Crippen molar-refractivity contribution in [1.29, 1.82) is 0 Å². The zero-order chi connectivity index (χ0) is 18.0. The molecular formula is C20H22N4O. The minimum atomic E-state index is 0.0405. The number of nitrogens with two attached hydrogens (primary N) is 4. The first-order chi connectivity index (χ1) is 11.9. The molecule has 1 fully saturated rings. The van der Waals surface area contributed by atoms with Gasteiger partial charge >= 0.3 is 0 Å². The van der Waals surface area contributed by atoms with Crippen molar-refractivity contribution in [2.24, 2.45) is 0 Å². The van der Waals surface area contributed by atoms with E-state index in [9.17, 15) is 4.79 Å². The molecule has 0 aromatic heterocycles. The summed E-state index contributed by atoms with van der Waals surface area (Å²) in [5.74, 6) is 0.0405. The van der Waals surface area contributed by atoms with Crippen molar-refractivity contribution in [3.05, 3.63) is 58.7 Å². The molecule has 128 valence electrons. The Morgan fingerprint density at radius 2 is 1.16 bits per heavy atom. The lowest BCUT2D eigenvalue weighted by atomic mass is 9.86. The molecule has 0 atom stereocenters. The van der Waals surface area contributed by atoms with E-state index in [4.69, 9.17) is 22.9 Å². The van der Waals surface area contributed by atoms with E-state index in [-0.39, 0.29) is 5.78 Å². The molecule has 5 nitrogen and oxygen atoms in total. The molecule has 0 spiro atoms. The number of hydrogen-bond donors (Lipinski definition) is 4. The fraction of sp³-hybridized carbons (Fsp3) is 0.150. The molecular weight excluding hydrogens is 312 g/mol. The fourth-order valence-corrected chi connectivity index (χ4v) is 3.00. The molecule has 0 radical (unpaired) electrons. The first-order valence-electron chi connectivity index (χ1n) is 8.20. The molecule has 3 rings (SSSR count). The first-order valence-corrected chi connectivity index (χ1v) is 8.20. The van der Waals surface area contributed by atoms with Gasteiger partial charge in [0.05, 0.1) is 0 Å². The van der Waals surface area contributed by atoms with Crippen LogP contribution in [0, 0.1) is 0 Å². The molecule has 2 aromatic carbocycles. The van der Waals surface area contributed by atoms with Crippen LogP contribution in [0.15, 0.2) is 47.5 Å². The second-order valence-corrected chi connectivity index (χ2v) is 6.30. The number of carbonyl (C=O) groups is 1. The van der Waals surface area contributed by atoms with Gasteiger partial charge in [0.15, 0.2) is 5.78 Å². The summed E-state index contributed by atoms with van der Waals surface area (Å²) < 4.78 is 0. The fourth-order valence-electron chi connectivity index (χ4n) is 3.00. The van der Waals surface area contributed by atoms with Gasteiger partial charge in [-0.15, -0.1) is 0 Å². The average molecular weight is 334 g/mol. The van der Waals surface area contributed by atoms with E-state index in [0.717, 1.165) is 41.5 Å². The number of benzene rings is 2. The molecule has 0 bridgehead atoms. The average Bonchev–Trinajstić information content (AvgIpc) is 2.56. The molecule has 2 aromatic rings. The van der Waals surface area contributed by atoms with Gasteiger partial charge in [-0.2, -0.15) is 0 Å². The highest BCUT2D eigenvalue weighted by molar-refractivity contribution is 6.14. The Morgan fingerprint density at radius 1 is 0.720 bits per heavy atom. The van der Waals surface area contributed by atoms with Gasteiger partial charge in [0.1, 0.15) is 0 Å². The highest BCUT2D eigenvalue weighted by atomic mass is 16.1. The van der Waals surface area contributed by atoms with Gasteiger partial charge in [-0.3, -0.25) is 4.79 Å². The third kappa shape index (κ3) is 3.66. The van der Waals surface area contributed by atoms with Crippen molar-refractivity contribution in [2.45, 2.75) is 19.3 Å². The highest BCUT2D eigenvalue weighted by Gasteiger charge is 2.21. The maximum Gasteiger partial charge on any atom is 0.185 e. The molecule has 1 aliphatic rings. The Balaban J connectivity index is 1.93. The predicted octanol–water partition coefficient (Wildman–Crippen LogP) is 3.24. The SMILES string of the molecule is Nc1ccc(/C=C2\CCC/C(=C\c3ccc(N)cc3N)C2=O)c(N)c1. The number of rotatable bonds is 2. The van der Waals surface area contributed by atoms with Crippen LogP contribution >= 0.6 is 0 Å². The van der Waals surface area contributed by atoms with Crippen LogP contribution in [0.25, 0.3) is 12.2 Å². The predicted molar refractivity (Wildman–Crippen MR) is 105 cm³/mol. The van der Waals surface area contributed by atoms with Crippen molar-refractivity contribution in [2.75, 3.05) is 22.9 Å². The lowest BCUT2D eigenvalue weighted by molar-refractivity contribution is -0.112. The summed E-state index contributed by atoms with van der Waals surface area (Å²) in [6.07, 6.45) is 6.09. The van der Waals surface area contributed by atoms with Gasteiger partial charge in [-0.05, 0) is 66.8 Å². The lowest BCUT2D eigenvalue weighted by Gasteiger charge is -2.17. The monoisotopic (exact) mass is 334 g/mol. The third-order valence-corrected chi connectivity index (χ3v) is 4.36. The Kier molecular flexibility index (Phi) is 4.48. The second kappa shape index (κ2) is 6.73. The number of allylic oxidation sites excluding steroid dienone is 2. The third-order valence-electron chi connectivity index (χ3n) is 4.36. The minimum Gasteiger partial charge on any atom is -0.399 e. The Bertz CT molecular complexity index is 825. The van der Waals surface area contributed by atoms with Crippen molar-refractivity contribution in [3.63, 3.8) is 0 Å². The number of Topliss-reactive ketones (excluding diaryl/α,β-unsaturated/α-hetero) is 1. The van der Waals surface area contributed by atoms with Gasteiger partial charge in [-0.1, -0.05) is 12.1 Å². The second-order valence-electron chi connectivity index (χ2n) is 6.30. The minimum absolute atomic E-state index is 0.0405. The number of hydrogen-bond acceptors (Lipinski definition) is 5. The smallest absolute Gasteiger partial charge is 0.185 e. The molecule has 8 N–H and O–H groups in total. The van der Waals surface area contributed by atoms with Crippen LogP contribution in [0.2, 0.25) is 0 Å². The summed E-state index contributed by atoms with van der Waals surface area (Å²) in [7, 11) is 0. The largest absolute Gasteiger partial charge is 0.399 e. The highest BCUT2D eigenvalue weighted by Crippen LogP contribution is 2.30. The summed E-state index contributed by atoms with van der Waals surface area (Å²) in [5, 5.41) is 0. The molecule has 0 saturated heterocycles. The Labute approximate surface area is 147 Å². The Hall–Kier alpha value is -3.21. The zero-order valence-electron chi connectivity index (χ0n) is 14.0. The van der Waals surface area contributed by atoms with Crippen LogP contribution in [0.1, 0.15) is 30.4 Å². The Morgan fingerprint density at radius 3 is 1.56 bits per heavy atom. The van der Waals surface area contributed by atoms with E-state index in [1.54, 1.807) is 24.3 Å². The molecule has 1 aliphatic carbocycles. The molecule has 0 heterocycles. The van der Waals surface area contributed by atoms with Crippen LogP contribution in [-0.4, -0.2) is 5.78 Å². The topological polar surface area (TPSA) is 121 Å². The summed E-state index contributed by atoms with van der Waals surface area (Å²) in [6.45, 7) is 0. The summed E-state index contributed by atoms with van der Waals surface area (Å²) in [5.41, 5.74) is 28.9. The molecule has 0 aliphatic heterocycles. The molecule has 0 unspecified atom stereocenters.